The monoisotopic (exact) mass is 200 g/mol. The summed E-state index contributed by atoms with van der Waals surface area (Å²) in [5.41, 5.74) is -2.32. The number of halogens is 2. The SMILES string of the molecule is N#Cc1c(C(F)F)[nH]cc(CO)c1=O. The first kappa shape index (κ1) is 10.3. The third kappa shape index (κ3) is 1.63. The molecule has 0 radical (unpaired) electrons. The predicted molar refractivity (Wildman–Crippen MR) is 42.7 cm³/mol. The topological polar surface area (TPSA) is 76.9 Å². The van der Waals surface area contributed by atoms with Gasteiger partial charge < -0.3 is 10.1 Å². The van der Waals surface area contributed by atoms with Crippen LogP contribution in [0.25, 0.3) is 0 Å². The number of nitriles is 1. The van der Waals surface area contributed by atoms with Gasteiger partial charge in [-0.2, -0.15) is 5.26 Å². The van der Waals surface area contributed by atoms with Gasteiger partial charge in [-0.25, -0.2) is 8.78 Å². The van der Waals surface area contributed by atoms with Crippen LogP contribution >= 0.6 is 0 Å². The molecule has 1 rings (SSSR count). The normalized spacial score (nSPS) is 10.2. The molecule has 0 spiro atoms. The minimum absolute atomic E-state index is 0.106. The maximum atomic E-state index is 12.2. The summed E-state index contributed by atoms with van der Waals surface area (Å²) in [6.07, 6.45) is -1.94. The van der Waals surface area contributed by atoms with Crippen LogP contribution in [-0.2, 0) is 6.61 Å². The molecule has 1 aromatic rings. The Labute approximate surface area is 77.4 Å². The zero-order chi connectivity index (χ0) is 10.7. The molecule has 6 heteroatoms. The van der Waals surface area contributed by atoms with E-state index in [1.54, 1.807) is 0 Å². The lowest BCUT2D eigenvalue weighted by Gasteiger charge is -2.03. The lowest BCUT2D eigenvalue weighted by atomic mass is 10.1. The fourth-order valence-electron chi connectivity index (χ4n) is 0.986. The van der Waals surface area contributed by atoms with Crippen LogP contribution in [0.1, 0.15) is 23.2 Å². The summed E-state index contributed by atoms with van der Waals surface area (Å²) in [5, 5.41) is 17.1. The molecule has 0 bridgehead atoms. The molecule has 4 nitrogen and oxygen atoms in total. The van der Waals surface area contributed by atoms with Crippen molar-refractivity contribution in [2.24, 2.45) is 0 Å². The van der Waals surface area contributed by atoms with E-state index in [0.717, 1.165) is 6.20 Å². The van der Waals surface area contributed by atoms with Crippen LogP contribution in [0.5, 0.6) is 0 Å². The van der Waals surface area contributed by atoms with Crippen molar-refractivity contribution in [1.82, 2.24) is 4.98 Å². The summed E-state index contributed by atoms with van der Waals surface area (Å²) < 4.78 is 24.5. The summed E-state index contributed by atoms with van der Waals surface area (Å²) >= 11 is 0. The second-order valence-corrected chi connectivity index (χ2v) is 2.50. The molecule has 0 atom stereocenters. The highest BCUT2D eigenvalue weighted by Gasteiger charge is 2.17. The predicted octanol–water partition coefficient (Wildman–Crippen LogP) is 0.676. The quantitative estimate of drug-likeness (QED) is 0.736. The lowest BCUT2D eigenvalue weighted by Crippen LogP contribution is -2.16. The molecule has 1 heterocycles. The molecule has 0 saturated carbocycles. The highest BCUT2D eigenvalue weighted by molar-refractivity contribution is 5.36. The van der Waals surface area contributed by atoms with E-state index < -0.39 is 29.7 Å². The number of hydrogen-bond acceptors (Lipinski definition) is 3. The third-order valence-electron chi connectivity index (χ3n) is 1.69. The van der Waals surface area contributed by atoms with Crippen molar-refractivity contribution < 1.29 is 13.9 Å². The first-order valence-corrected chi connectivity index (χ1v) is 3.65. The van der Waals surface area contributed by atoms with E-state index in [1.807, 2.05) is 0 Å². The summed E-state index contributed by atoms with van der Waals surface area (Å²) in [4.78, 5) is 13.3. The maximum absolute atomic E-state index is 12.2. The van der Waals surface area contributed by atoms with Crippen molar-refractivity contribution in [3.63, 3.8) is 0 Å². The number of aromatic nitrogens is 1. The number of aromatic amines is 1. The van der Waals surface area contributed by atoms with Crippen LogP contribution in [-0.4, -0.2) is 10.1 Å². The number of rotatable bonds is 2. The summed E-state index contributed by atoms with van der Waals surface area (Å²) in [6.45, 7) is -0.590. The molecule has 14 heavy (non-hydrogen) atoms. The Morgan fingerprint density at radius 2 is 2.29 bits per heavy atom. The van der Waals surface area contributed by atoms with Gasteiger partial charge in [0.05, 0.1) is 6.61 Å². The van der Waals surface area contributed by atoms with Crippen LogP contribution in [0.3, 0.4) is 0 Å². The van der Waals surface area contributed by atoms with Crippen LogP contribution in [0.2, 0.25) is 0 Å². The molecule has 0 aliphatic rings. The number of aliphatic hydroxyl groups excluding tert-OH is 1. The van der Waals surface area contributed by atoms with Gasteiger partial charge in [0, 0.05) is 11.8 Å². The third-order valence-corrected chi connectivity index (χ3v) is 1.69. The first-order valence-electron chi connectivity index (χ1n) is 3.65. The van der Waals surface area contributed by atoms with Gasteiger partial charge in [0.1, 0.15) is 17.3 Å². The summed E-state index contributed by atoms with van der Waals surface area (Å²) in [6, 6.07) is 1.39. The molecule has 2 N–H and O–H groups in total. The van der Waals surface area contributed by atoms with Gasteiger partial charge in [-0.05, 0) is 0 Å². The van der Waals surface area contributed by atoms with Crippen LogP contribution in [0.15, 0.2) is 11.0 Å². The molecule has 0 amide bonds. The van der Waals surface area contributed by atoms with E-state index in [1.165, 1.54) is 6.07 Å². The zero-order valence-corrected chi connectivity index (χ0v) is 6.92. The lowest BCUT2D eigenvalue weighted by molar-refractivity contribution is 0.145. The highest BCUT2D eigenvalue weighted by Crippen LogP contribution is 2.17. The average Bonchev–Trinajstić information content (AvgIpc) is 2.17. The molecule has 74 valence electrons. The Bertz CT molecular complexity index is 434. The molecule has 0 unspecified atom stereocenters. The zero-order valence-electron chi connectivity index (χ0n) is 6.92. The minimum Gasteiger partial charge on any atom is -0.391 e. The molecule has 0 aliphatic heterocycles. The van der Waals surface area contributed by atoms with Gasteiger partial charge >= 0.3 is 0 Å². The van der Waals surface area contributed by atoms with Crippen molar-refractivity contribution in [3.05, 3.63) is 33.2 Å². The Balaban J connectivity index is 3.46. The van der Waals surface area contributed by atoms with Crippen molar-refractivity contribution in [1.29, 1.82) is 5.26 Å². The summed E-state index contributed by atoms with van der Waals surface area (Å²) in [5.74, 6) is 0. The van der Waals surface area contributed by atoms with Crippen LogP contribution < -0.4 is 5.43 Å². The van der Waals surface area contributed by atoms with E-state index in [-0.39, 0.29) is 5.56 Å². The van der Waals surface area contributed by atoms with E-state index in [2.05, 4.69) is 4.98 Å². The summed E-state index contributed by atoms with van der Waals surface area (Å²) in [7, 11) is 0. The number of hydrogen-bond donors (Lipinski definition) is 2. The minimum atomic E-state index is -2.91. The highest BCUT2D eigenvalue weighted by atomic mass is 19.3. The number of nitrogens with one attached hydrogen (secondary N) is 1. The largest absolute Gasteiger partial charge is 0.391 e. The number of pyridine rings is 1. The molecule has 0 saturated heterocycles. The maximum Gasteiger partial charge on any atom is 0.279 e. The van der Waals surface area contributed by atoms with E-state index in [4.69, 9.17) is 10.4 Å². The van der Waals surface area contributed by atoms with Gasteiger partial charge in [0.15, 0.2) is 0 Å². The van der Waals surface area contributed by atoms with Crippen molar-refractivity contribution in [3.8, 4) is 6.07 Å². The van der Waals surface area contributed by atoms with Gasteiger partial charge in [0.2, 0.25) is 5.43 Å². The van der Waals surface area contributed by atoms with E-state index in [0.29, 0.717) is 0 Å². The van der Waals surface area contributed by atoms with Crippen LogP contribution in [0, 0.1) is 11.3 Å². The number of H-pyrrole nitrogens is 1. The molecule has 1 aromatic heterocycles. The number of aliphatic hydroxyl groups is 1. The van der Waals surface area contributed by atoms with Crippen molar-refractivity contribution in [2.45, 2.75) is 13.0 Å². The Kier molecular flexibility index (Phi) is 2.94. The van der Waals surface area contributed by atoms with Crippen LogP contribution in [0.4, 0.5) is 8.78 Å². The van der Waals surface area contributed by atoms with E-state index >= 15 is 0 Å². The number of alkyl halides is 2. The van der Waals surface area contributed by atoms with Crippen molar-refractivity contribution in [2.75, 3.05) is 0 Å². The van der Waals surface area contributed by atoms with Gasteiger partial charge in [0.25, 0.3) is 6.43 Å². The van der Waals surface area contributed by atoms with Gasteiger partial charge in [-0.1, -0.05) is 0 Å². The van der Waals surface area contributed by atoms with Gasteiger partial charge in [-0.15, -0.1) is 0 Å². The Hall–Kier alpha value is -1.74. The molecule has 0 aliphatic carbocycles. The Morgan fingerprint density at radius 1 is 1.64 bits per heavy atom. The van der Waals surface area contributed by atoms with E-state index in [9.17, 15) is 13.6 Å². The fourth-order valence-corrected chi connectivity index (χ4v) is 0.986. The van der Waals surface area contributed by atoms with Crippen molar-refractivity contribution >= 4 is 0 Å². The van der Waals surface area contributed by atoms with Gasteiger partial charge in [-0.3, -0.25) is 4.79 Å². The second-order valence-electron chi connectivity index (χ2n) is 2.50. The molecule has 0 fully saturated rings. The molecular weight excluding hydrogens is 194 g/mol. The smallest absolute Gasteiger partial charge is 0.279 e. The fraction of sp³-hybridized carbons (Fsp3) is 0.250. The molecule has 0 aromatic carbocycles. The molecular formula is C8H6F2N2O2. The Morgan fingerprint density at radius 3 is 2.71 bits per heavy atom. The first-order chi connectivity index (χ1) is 6.61. The number of nitrogens with zero attached hydrogens (tertiary/aromatic N) is 1. The second kappa shape index (κ2) is 3.98. The average molecular weight is 200 g/mol. The standard InChI is InChI=1S/C8H6F2N2O2/c9-8(10)6-5(1-11)7(14)4(3-13)2-12-6/h2,8,13H,3H2,(H,12,14).